The van der Waals surface area contributed by atoms with E-state index in [1.54, 1.807) is 6.20 Å². The fourth-order valence-corrected chi connectivity index (χ4v) is 5.37. The highest BCUT2D eigenvalue weighted by Crippen LogP contribution is 2.52. The first-order valence-electron chi connectivity index (χ1n) is 9.82. The number of aromatic amines is 1. The number of aromatic nitrogens is 4. The Morgan fingerprint density at radius 2 is 2.15 bits per heavy atom. The first-order chi connectivity index (χ1) is 12.7. The number of carbonyl (C=O) groups excluding carboxylic acids is 1. The first kappa shape index (κ1) is 16.1. The quantitative estimate of drug-likeness (QED) is 0.786. The zero-order valence-electron chi connectivity index (χ0n) is 14.9. The van der Waals surface area contributed by atoms with Crippen LogP contribution in [0, 0.1) is 11.8 Å². The van der Waals surface area contributed by atoms with Crippen molar-refractivity contribution < 1.29 is 4.79 Å². The van der Waals surface area contributed by atoms with Gasteiger partial charge in [0.2, 0.25) is 0 Å². The maximum atomic E-state index is 13.2. The van der Waals surface area contributed by atoms with Gasteiger partial charge in [-0.15, -0.1) is 0 Å². The zero-order chi connectivity index (χ0) is 17.6. The number of piperidine rings is 1. The summed E-state index contributed by atoms with van der Waals surface area (Å²) in [5, 5.41) is 18.3. The van der Waals surface area contributed by atoms with Crippen LogP contribution in [-0.2, 0) is 10.3 Å². The number of anilines is 1. The number of carbonyl (C=O) groups is 1. The van der Waals surface area contributed by atoms with E-state index in [2.05, 4.69) is 25.9 Å². The number of hydrogen-bond donors (Lipinski definition) is 3. The molecule has 5 rings (SSSR count). The van der Waals surface area contributed by atoms with Crippen molar-refractivity contribution in [3.8, 4) is 0 Å². The molecule has 3 aliphatic rings. The van der Waals surface area contributed by atoms with Crippen molar-refractivity contribution in [3.05, 3.63) is 30.2 Å². The van der Waals surface area contributed by atoms with Crippen molar-refractivity contribution in [1.29, 1.82) is 0 Å². The Morgan fingerprint density at radius 3 is 2.85 bits per heavy atom. The lowest BCUT2D eigenvalue weighted by atomic mass is 9.86. The number of nitrogens with zero attached hydrogens (tertiary/aromatic N) is 3. The Balaban J connectivity index is 1.34. The van der Waals surface area contributed by atoms with Crippen LogP contribution < -0.4 is 10.6 Å². The Kier molecular flexibility index (Phi) is 3.85. The molecule has 3 atom stereocenters. The number of amides is 1. The van der Waals surface area contributed by atoms with Crippen LogP contribution in [0.4, 0.5) is 5.82 Å². The van der Waals surface area contributed by atoms with Crippen LogP contribution in [0.5, 0.6) is 0 Å². The molecule has 138 valence electrons. The zero-order valence-corrected chi connectivity index (χ0v) is 14.9. The molecule has 3 unspecified atom stereocenters. The molecule has 3 fully saturated rings. The molecule has 26 heavy (non-hydrogen) atoms. The van der Waals surface area contributed by atoms with Crippen LogP contribution >= 0.6 is 0 Å². The van der Waals surface area contributed by atoms with E-state index in [0.29, 0.717) is 11.7 Å². The summed E-state index contributed by atoms with van der Waals surface area (Å²) in [4.78, 5) is 13.2. The minimum atomic E-state index is -0.639. The van der Waals surface area contributed by atoms with Crippen LogP contribution in [0.25, 0.3) is 0 Å². The predicted molar refractivity (Wildman–Crippen MR) is 97.7 cm³/mol. The van der Waals surface area contributed by atoms with E-state index in [0.717, 1.165) is 37.8 Å². The first-order valence-corrected chi connectivity index (χ1v) is 9.82. The highest BCUT2D eigenvalue weighted by atomic mass is 16.2. The molecular formula is C19H26N6O. The number of fused-ring (bicyclic) bond motifs is 2. The van der Waals surface area contributed by atoms with Crippen LogP contribution in [-0.4, -0.2) is 39.0 Å². The van der Waals surface area contributed by atoms with Crippen LogP contribution in [0.2, 0.25) is 0 Å². The molecule has 2 aromatic rings. The fourth-order valence-electron chi connectivity index (χ4n) is 5.37. The Bertz CT molecular complexity index is 776. The van der Waals surface area contributed by atoms with Crippen LogP contribution in [0.15, 0.2) is 24.5 Å². The van der Waals surface area contributed by atoms with Gasteiger partial charge < -0.3 is 10.6 Å². The minimum absolute atomic E-state index is 0.0197. The molecular weight excluding hydrogens is 328 g/mol. The van der Waals surface area contributed by atoms with Gasteiger partial charge in [0.1, 0.15) is 5.54 Å². The molecule has 3 heterocycles. The van der Waals surface area contributed by atoms with E-state index >= 15 is 0 Å². The second-order valence-corrected chi connectivity index (χ2v) is 8.18. The monoisotopic (exact) mass is 354 g/mol. The number of hydrogen-bond acceptors (Lipinski definition) is 4. The molecule has 2 saturated carbocycles. The topological polar surface area (TPSA) is 87.6 Å². The molecule has 0 spiro atoms. The summed E-state index contributed by atoms with van der Waals surface area (Å²) in [6, 6.07) is 3.92. The number of rotatable bonds is 4. The van der Waals surface area contributed by atoms with E-state index in [4.69, 9.17) is 0 Å². The summed E-state index contributed by atoms with van der Waals surface area (Å²) in [6.07, 6.45) is 10.4. The molecule has 7 heteroatoms. The lowest BCUT2D eigenvalue weighted by Crippen LogP contribution is -2.52. The lowest BCUT2D eigenvalue weighted by molar-refractivity contribution is -0.126. The number of H-pyrrole nitrogens is 1. The third kappa shape index (κ3) is 2.57. The largest absolute Gasteiger partial charge is 0.317 e. The molecule has 1 aliphatic heterocycles. The van der Waals surface area contributed by atoms with Crippen molar-refractivity contribution >= 4 is 11.7 Å². The van der Waals surface area contributed by atoms with E-state index in [-0.39, 0.29) is 5.91 Å². The molecule has 1 amide bonds. The molecule has 0 radical (unpaired) electrons. The molecule has 3 N–H and O–H groups in total. The van der Waals surface area contributed by atoms with Gasteiger partial charge in [-0.1, -0.05) is 6.42 Å². The van der Waals surface area contributed by atoms with Gasteiger partial charge in [-0.05, 0) is 63.1 Å². The van der Waals surface area contributed by atoms with Crippen LogP contribution in [0.3, 0.4) is 0 Å². The molecule has 2 bridgehead atoms. The summed E-state index contributed by atoms with van der Waals surface area (Å²) in [5.41, 5.74) is 0.547. The average Bonchev–Trinajstić information content (AvgIpc) is 3.46. The second-order valence-electron chi connectivity index (χ2n) is 8.18. The third-order valence-corrected chi connectivity index (χ3v) is 6.77. The van der Waals surface area contributed by atoms with Gasteiger partial charge in [0, 0.05) is 30.1 Å². The highest BCUT2D eigenvalue weighted by molar-refractivity contribution is 5.96. The Labute approximate surface area is 152 Å². The summed E-state index contributed by atoms with van der Waals surface area (Å²) in [5.74, 6) is 2.89. The van der Waals surface area contributed by atoms with Gasteiger partial charge >= 0.3 is 0 Å². The van der Waals surface area contributed by atoms with Gasteiger partial charge in [0.25, 0.3) is 5.91 Å². The SMILES string of the molecule is O=C(Nc1cc(C2CC3CCC2C3)[nH]n1)C1(n2cccn2)CCNCC1. The summed E-state index contributed by atoms with van der Waals surface area (Å²) in [6.45, 7) is 1.62. The van der Waals surface area contributed by atoms with Gasteiger partial charge in [0.05, 0.1) is 0 Å². The smallest absolute Gasteiger partial charge is 0.253 e. The van der Waals surface area contributed by atoms with Gasteiger partial charge in [0.15, 0.2) is 5.82 Å². The van der Waals surface area contributed by atoms with E-state index in [1.165, 1.54) is 31.4 Å². The summed E-state index contributed by atoms with van der Waals surface area (Å²) < 4.78 is 1.81. The molecule has 7 nitrogen and oxygen atoms in total. The molecule has 0 aromatic carbocycles. The van der Waals surface area contributed by atoms with Crippen molar-refractivity contribution in [3.63, 3.8) is 0 Å². The highest BCUT2D eigenvalue weighted by Gasteiger charge is 2.43. The van der Waals surface area contributed by atoms with Gasteiger partial charge in [-0.3, -0.25) is 14.6 Å². The van der Waals surface area contributed by atoms with Crippen molar-refractivity contribution in [1.82, 2.24) is 25.3 Å². The van der Waals surface area contributed by atoms with Gasteiger partial charge in [-0.25, -0.2) is 0 Å². The van der Waals surface area contributed by atoms with Crippen molar-refractivity contribution in [2.75, 3.05) is 18.4 Å². The van der Waals surface area contributed by atoms with Crippen molar-refractivity contribution in [2.45, 2.75) is 50.0 Å². The Hall–Kier alpha value is -2.15. The van der Waals surface area contributed by atoms with E-state index < -0.39 is 5.54 Å². The predicted octanol–water partition coefficient (Wildman–Crippen LogP) is 2.23. The molecule has 2 aliphatic carbocycles. The van der Waals surface area contributed by atoms with E-state index in [9.17, 15) is 4.79 Å². The molecule has 2 aromatic heterocycles. The van der Waals surface area contributed by atoms with Gasteiger partial charge in [-0.2, -0.15) is 10.2 Å². The maximum Gasteiger partial charge on any atom is 0.253 e. The summed E-state index contributed by atoms with van der Waals surface area (Å²) >= 11 is 0. The standard InChI is InChI=1S/C19H26N6O/c26-18(19(4-7-20-8-5-19)25-9-1-6-21-25)22-17-12-16(23-24-17)15-11-13-2-3-14(15)10-13/h1,6,9,12-15,20H,2-5,7-8,10-11H2,(H2,22,23,24,26). The normalized spacial score (nSPS) is 29.8. The fraction of sp³-hybridized carbons (Fsp3) is 0.632. The second kappa shape index (κ2) is 6.23. The molecule has 1 saturated heterocycles. The lowest BCUT2D eigenvalue weighted by Gasteiger charge is -2.36. The summed E-state index contributed by atoms with van der Waals surface area (Å²) in [7, 11) is 0. The van der Waals surface area contributed by atoms with Crippen molar-refractivity contribution in [2.24, 2.45) is 11.8 Å². The number of nitrogens with one attached hydrogen (secondary N) is 3. The van der Waals surface area contributed by atoms with E-state index in [1.807, 2.05) is 23.0 Å². The minimum Gasteiger partial charge on any atom is -0.317 e. The van der Waals surface area contributed by atoms with Crippen LogP contribution in [0.1, 0.15) is 50.1 Å². The third-order valence-electron chi connectivity index (χ3n) is 6.77. The maximum absolute atomic E-state index is 13.2. The average molecular weight is 354 g/mol. The Morgan fingerprint density at radius 1 is 1.27 bits per heavy atom.